The second-order valence-electron chi connectivity index (χ2n) is 6.92. The summed E-state index contributed by atoms with van der Waals surface area (Å²) < 4.78 is 1.64. The number of carbonyl (C=O) groups excluding carboxylic acids is 1. The van der Waals surface area contributed by atoms with E-state index in [0.717, 1.165) is 18.9 Å². The second kappa shape index (κ2) is 7.27. The fourth-order valence-electron chi connectivity index (χ4n) is 3.93. The number of nitrogens with one attached hydrogen (secondary N) is 1. The lowest BCUT2D eigenvalue weighted by Gasteiger charge is -2.36. The molecule has 3 rings (SSSR count). The van der Waals surface area contributed by atoms with Crippen molar-refractivity contribution in [3.63, 3.8) is 0 Å². The lowest BCUT2D eigenvalue weighted by Crippen LogP contribution is -2.49. The molecular formula is C17H28N4O. The summed E-state index contributed by atoms with van der Waals surface area (Å²) in [5.74, 6) is 0.879. The van der Waals surface area contributed by atoms with Crippen LogP contribution in [0.4, 0.5) is 0 Å². The van der Waals surface area contributed by atoms with Crippen molar-refractivity contribution in [1.29, 1.82) is 0 Å². The van der Waals surface area contributed by atoms with Crippen LogP contribution in [0.25, 0.3) is 0 Å². The van der Waals surface area contributed by atoms with E-state index in [-0.39, 0.29) is 11.9 Å². The molecule has 22 heavy (non-hydrogen) atoms. The SMILES string of the molecule is Cn1nccc1C(=O)NC1CCCN(CC2CCCCC2)C1. The van der Waals surface area contributed by atoms with Crippen LogP contribution in [0.1, 0.15) is 55.4 Å². The summed E-state index contributed by atoms with van der Waals surface area (Å²) in [6.45, 7) is 3.41. The molecule has 2 aliphatic rings. The Morgan fingerprint density at radius 1 is 1.27 bits per heavy atom. The van der Waals surface area contributed by atoms with Crippen LogP contribution in [0.15, 0.2) is 12.3 Å². The molecule has 1 unspecified atom stereocenters. The fraction of sp³-hybridized carbons (Fsp3) is 0.765. The monoisotopic (exact) mass is 304 g/mol. The summed E-state index contributed by atoms with van der Waals surface area (Å²) >= 11 is 0. The fourth-order valence-corrected chi connectivity index (χ4v) is 3.93. The minimum atomic E-state index is 0.00418. The first-order valence-electron chi connectivity index (χ1n) is 8.73. The average Bonchev–Trinajstić information content (AvgIpc) is 2.95. The van der Waals surface area contributed by atoms with Gasteiger partial charge in [-0.15, -0.1) is 0 Å². The van der Waals surface area contributed by atoms with Gasteiger partial charge in [-0.1, -0.05) is 19.3 Å². The molecule has 0 aromatic carbocycles. The van der Waals surface area contributed by atoms with Gasteiger partial charge in [0.2, 0.25) is 0 Å². The number of hydrogen-bond acceptors (Lipinski definition) is 3. The van der Waals surface area contributed by atoms with Gasteiger partial charge >= 0.3 is 0 Å². The highest BCUT2D eigenvalue weighted by atomic mass is 16.2. The molecule has 1 aliphatic carbocycles. The highest BCUT2D eigenvalue weighted by Crippen LogP contribution is 2.25. The zero-order chi connectivity index (χ0) is 15.4. The number of rotatable bonds is 4. The number of amides is 1. The molecule has 1 aromatic heterocycles. The maximum atomic E-state index is 12.3. The van der Waals surface area contributed by atoms with Gasteiger partial charge < -0.3 is 10.2 Å². The van der Waals surface area contributed by atoms with E-state index in [2.05, 4.69) is 15.3 Å². The molecule has 1 saturated carbocycles. The predicted octanol–water partition coefficient (Wildman–Crippen LogP) is 2.19. The van der Waals surface area contributed by atoms with Gasteiger partial charge in [0.25, 0.3) is 5.91 Å². The van der Waals surface area contributed by atoms with Gasteiger partial charge in [-0.25, -0.2) is 0 Å². The molecule has 2 fully saturated rings. The molecule has 0 spiro atoms. The van der Waals surface area contributed by atoms with Crippen molar-refractivity contribution in [3.8, 4) is 0 Å². The van der Waals surface area contributed by atoms with Gasteiger partial charge in [-0.3, -0.25) is 9.48 Å². The van der Waals surface area contributed by atoms with Crippen LogP contribution < -0.4 is 5.32 Å². The number of likely N-dealkylation sites (tertiary alicyclic amines) is 1. The number of nitrogens with zero attached hydrogens (tertiary/aromatic N) is 3. The van der Waals surface area contributed by atoms with E-state index in [0.29, 0.717) is 5.69 Å². The van der Waals surface area contributed by atoms with E-state index in [9.17, 15) is 4.79 Å². The van der Waals surface area contributed by atoms with Gasteiger partial charge in [-0.05, 0) is 44.2 Å². The van der Waals surface area contributed by atoms with Crippen LogP contribution in [0.2, 0.25) is 0 Å². The quantitative estimate of drug-likeness (QED) is 0.928. The molecule has 5 heteroatoms. The predicted molar refractivity (Wildman–Crippen MR) is 86.7 cm³/mol. The Hall–Kier alpha value is -1.36. The van der Waals surface area contributed by atoms with Crippen LogP contribution in [0.3, 0.4) is 0 Å². The van der Waals surface area contributed by atoms with Crippen molar-refractivity contribution in [3.05, 3.63) is 18.0 Å². The zero-order valence-corrected chi connectivity index (χ0v) is 13.6. The Morgan fingerprint density at radius 3 is 2.82 bits per heavy atom. The molecule has 0 radical (unpaired) electrons. The van der Waals surface area contributed by atoms with Crippen molar-refractivity contribution in [1.82, 2.24) is 20.0 Å². The highest BCUT2D eigenvalue weighted by Gasteiger charge is 2.25. The number of aromatic nitrogens is 2. The van der Waals surface area contributed by atoms with Gasteiger partial charge in [0, 0.05) is 32.4 Å². The zero-order valence-electron chi connectivity index (χ0n) is 13.6. The maximum absolute atomic E-state index is 12.3. The standard InChI is InChI=1S/C17H28N4O/c1-20-16(9-10-18-20)17(22)19-15-8-5-11-21(13-15)12-14-6-3-2-4-7-14/h9-10,14-15H,2-8,11-13H2,1H3,(H,19,22). The Kier molecular flexibility index (Phi) is 5.13. The summed E-state index contributed by atoms with van der Waals surface area (Å²) in [4.78, 5) is 14.9. The Bertz CT molecular complexity index is 493. The summed E-state index contributed by atoms with van der Waals surface area (Å²) in [5.41, 5.74) is 0.643. The minimum Gasteiger partial charge on any atom is -0.347 e. The van der Waals surface area contributed by atoms with E-state index in [1.165, 1.54) is 51.6 Å². The first kappa shape index (κ1) is 15.5. The third-order valence-corrected chi connectivity index (χ3v) is 5.14. The van der Waals surface area contributed by atoms with Crippen molar-refractivity contribution in [2.24, 2.45) is 13.0 Å². The molecule has 122 valence electrons. The van der Waals surface area contributed by atoms with Crippen molar-refractivity contribution < 1.29 is 4.79 Å². The van der Waals surface area contributed by atoms with E-state index in [4.69, 9.17) is 0 Å². The van der Waals surface area contributed by atoms with E-state index >= 15 is 0 Å². The van der Waals surface area contributed by atoms with Crippen LogP contribution >= 0.6 is 0 Å². The third-order valence-electron chi connectivity index (χ3n) is 5.14. The molecule has 2 heterocycles. The van der Waals surface area contributed by atoms with Crippen LogP contribution in [-0.2, 0) is 7.05 Å². The van der Waals surface area contributed by atoms with Crippen LogP contribution in [0.5, 0.6) is 0 Å². The van der Waals surface area contributed by atoms with Gasteiger partial charge in [0.05, 0.1) is 0 Å². The number of hydrogen-bond donors (Lipinski definition) is 1. The molecule has 1 amide bonds. The molecule has 1 aromatic rings. The van der Waals surface area contributed by atoms with E-state index in [1.54, 1.807) is 16.9 Å². The van der Waals surface area contributed by atoms with Gasteiger partial charge in [0.1, 0.15) is 5.69 Å². The van der Waals surface area contributed by atoms with Crippen molar-refractivity contribution in [2.45, 2.75) is 51.0 Å². The molecule has 1 atom stereocenters. The van der Waals surface area contributed by atoms with Crippen LogP contribution in [0, 0.1) is 5.92 Å². The van der Waals surface area contributed by atoms with E-state index in [1.807, 2.05) is 7.05 Å². The molecule has 0 bridgehead atoms. The lowest BCUT2D eigenvalue weighted by molar-refractivity contribution is 0.0880. The molecule has 1 saturated heterocycles. The molecule has 1 aliphatic heterocycles. The number of piperidine rings is 1. The third kappa shape index (κ3) is 3.88. The van der Waals surface area contributed by atoms with Crippen molar-refractivity contribution in [2.75, 3.05) is 19.6 Å². The lowest BCUT2D eigenvalue weighted by atomic mass is 9.88. The first-order valence-corrected chi connectivity index (χ1v) is 8.73. The normalized spacial score (nSPS) is 24.3. The largest absolute Gasteiger partial charge is 0.347 e. The summed E-state index contributed by atoms with van der Waals surface area (Å²) in [6.07, 6.45) is 10.9. The van der Waals surface area contributed by atoms with E-state index < -0.39 is 0 Å². The Morgan fingerprint density at radius 2 is 2.09 bits per heavy atom. The first-order chi connectivity index (χ1) is 10.7. The average molecular weight is 304 g/mol. The topological polar surface area (TPSA) is 50.2 Å². The Balaban J connectivity index is 1.50. The van der Waals surface area contributed by atoms with Crippen LogP contribution in [-0.4, -0.2) is 46.3 Å². The molecule has 1 N–H and O–H groups in total. The Labute approximate surface area is 133 Å². The summed E-state index contributed by atoms with van der Waals surface area (Å²) in [5, 5.41) is 7.26. The maximum Gasteiger partial charge on any atom is 0.269 e. The van der Waals surface area contributed by atoms with Gasteiger partial charge in [-0.2, -0.15) is 5.10 Å². The highest BCUT2D eigenvalue weighted by molar-refractivity contribution is 5.92. The van der Waals surface area contributed by atoms with Crippen molar-refractivity contribution >= 4 is 5.91 Å². The summed E-state index contributed by atoms with van der Waals surface area (Å²) in [6, 6.07) is 2.05. The second-order valence-corrected chi connectivity index (χ2v) is 6.92. The molecule has 5 nitrogen and oxygen atoms in total. The number of carbonyl (C=O) groups is 1. The number of aryl methyl sites for hydroxylation is 1. The molecular weight excluding hydrogens is 276 g/mol. The smallest absolute Gasteiger partial charge is 0.269 e. The minimum absolute atomic E-state index is 0.00418. The van der Waals surface area contributed by atoms with Gasteiger partial charge in [0.15, 0.2) is 0 Å². The summed E-state index contributed by atoms with van der Waals surface area (Å²) in [7, 11) is 1.81.